The van der Waals surface area contributed by atoms with Crippen molar-refractivity contribution in [2.24, 2.45) is 7.05 Å². The monoisotopic (exact) mass is 312 g/mol. The highest BCUT2D eigenvalue weighted by Crippen LogP contribution is 2.20. The van der Waals surface area contributed by atoms with Crippen molar-refractivity contribution < 1.29 is 18.5 Å². The molecule has 0 saturated heterocycles. The number of hydrogen-bond acceptors (Lipinski definition) is 1. The summed E-state index contributed by atoms with van der Waals surface area (Å²) in [5.41, 5.74) is 2.14. The van der Waals surface area contributed by atoms with Crippen LogP contribution in [0.1, 0.15) is 16.7 Å². The predicted octanol–water partition coefficient (Wildman–Crippen LogP) is 3.61. The summed E-state index contributed by atoms with van der Waals surface area (Å²) in [6.07, 6.45) is 5.43. The van der Waals surface area contributed by atoms with Crippen LogP contribution in [0, 0.1) is 11.6 Å². The molecule has 0 aliphatic heterocycles. The highest BCUT2D eigenvalue weighted by molar-refractivity contribution is 5.88. The van der Waals surface area contributed by atoms with Crippen LogP contribution in [0.15, 0.2) is 48.7 Å². The third-order valence-electron chi connectivity index (χ3n) is 3.85. The largest absolute Gasteiger partial charge is 0.391 e. The zero-order valence-electron chi connectivity index (χ0n) is 12.6. The quantitative estimate of drug-likeness (QED) is 0.734. The van der Waals surface area contributed by atoms with Gasteiger partial charge >= 0.3 is 0 Å². The maximum Gasteiger partial charge on any atom is 0.212 e. The van der Waals surface area contributed by atoms with Crippen LogP contribution < -0.4 is 4.57 Å². The van der Waals surface area contributed by atoms with Gasteiger partial charge in [-0.25, -0.2) is 13.3 Å². The molecule has 2 nitrogen and oxygen atoms in total. The number of fused-ring (bicyclic) bond motifs is 1. The molecule has 116 valence electrons. The normalized spacial score (nSPS) is 11.5. The fourth-order valence-electron chi connectivity index (χ4n) is 2.59. The van der Waals surface area contributed by atoms with Gasteiger partial charge in [0.25, 0.3) is 0 Å². The molecule has 1 N–H and O–H groups in total. The van der Waals surface area contributed by atoms with E-state index in [1.165, 1.54) is 12.1 Å². The van der Waals surface area contributed by atoms with Crippen molar-refractivity contribution in [1.29, 1.82) is 0 Å². The van der Waals surface area contributed by atoms with Gasteiger partial charge in [0, 0.05) is 17.7 Å². The summed E-state index contributed by atoms with van der Waals surface area (Å²) in [6.45, 7) is -0.651. The van der Waals surface area contributed by atoms with Gasteiger partial charge in [-0.05, 0) is 29.3 Å². The molecular formula is C19H16F2NO+. The van der Waals surface area contributed by atoms with Gasteiger partial charge in [0.05, 0.1) is 12.0 Å². The van der Waals surface area contributed by atoms with Gasteiger partial charge in [-0.15, -0.1) is 0 Å². The molecule has 1 heterocycles. The first kappa shape index (κ1) is 15.3. The van der Waals surface area contributed by atoms with E-state index in [1.807, 2.05) is 54.2 Å². The van der Waals surface area contributed by atoms with Gasteiger partial charge in [0.2, 0.25) is 5.52 Å². The van der Waals surface area contributed by atoms with Crippen molar-refractivity contribution >= 4 is 23.1 Å². The van der Waals surface area contributed by atoms with E-state index >= 15 is 0 Å². The number of para-hydroxylation sites is 1. The number of rotatable bonds is 3. The Kier molecular flexibility index (Phi) is 4.17. The van der Waals surface area contributed by atoms with Gasteiger partial charge in [0.1, 0.15) is 18.7 Å². The molecule has 0 saturated carbocycles. The molecule has 0 bridgehead atoms. The van der Waals surface area contributed by atoms with Gasteiger partial charge in [-0.3, -0.25) is 0 Å². The number of aliphatic hydroxyl groups excluding tert-OH is 1. The Morgan fingerprint density at radius 1 is 1.04 bits per heavy atom. The van der Waals surface area contributed by atoms with Crippen molar-refractivity contribution in [3.63, 3.8) is 0 Å². The van der Waals surface area contributed by atoms with Crippen molar-refractivity contribution in [3.05, 3.63) is 77.0 Å². The van der Waals surface area contributed by atoms with E-state index in [9.17, 15) is 8.78 Å². The molecule has 0 aliphatic carbocycles. The molecule has 0 atom stereocenters. The maximum absolute atomic E-state index is 13.7. The molecule has 3 rings (SSSR count). The Hall–Kier alpha value is -2.59. The lowest BCUT2D eigenvalue weighted by Gasteiger charge is -2.04. The van der Waals surface area contributed by atoms with Crippen molar-refractivity contribution in [1.82, 2.24) is 0 Å². The average Bonchev–Trinajstić information content (AvgIpc) is 2.54. The fraction of sp³-hybridized carbons (Fsp3) is 0.105. The summed E-state index contributed by atoms with van der Waals surface area (Å²) >= 11 is 0. The second kappa shape index (κ2) is 6.26. The van der Waals surface area contributed by atoms with Crippen LogP contribution in [0.5, 0.6) is 0 Å². The Balaban J connectivity index is 2.03. The summed E-state index contributed by atoms with van der Waals surface area (Å²) in [7, 11) is 1.97. The van der Waals surface area contributed by atoms with E-state index in [4.69, 9.17) is 5.11 Å². The summed E-state index contributed by atoms with van der Waals surface area (Å²) in [5.74, 6) is -1.48. The third kappa shape index (κ3) is 2.98. The minimum atomic E-state index is -0.739. The SMILES string of the molecule is C[n+]1ccc(/C=C/c2cc(F)c(CO)c(F)c2)c2ccccc21. The topological polar surface area (TPSA) is 24.1 Å². The van der Waals surface area contributed by atoms with Crippen LogP contribution in [0.25, 0.3) is 23.1 Å². The van der Waals surface area contributed by atoms with E-state index in [0.29, 0.717) is 5.56 Å². The molecule has 2 aromatic carbocycles. The van der Waals surface area contributed by atoms with Gasteiger partial charge in [-0.1, -0.05) is 24.3 Å². The number of hydrogen-bond donors (Lipinski definition) is 1. The molecule has 0 unspecified atom stereocenters. The molecule has 0 amide bonds. The van der Waals surface area contributed by atoms with Crippen LogP contribution in [-0.4, -0.2) is 5.11 Å². The smallest absolute Gasteiger partial charge is 0.212 e. The van der Waals surface area contributed by atoms with Crippen LogP contribution in [0.2, 0.25) is 0 Å². The Labute approximate surface area is 132 Å². The van der Waals surface area contributed by atoms with Crippen LogP contribution in [0.4, 0.5) is 8.78 Å². The number of nitrogens with zero attached hydrogens (tertiary/aromatic N) is 1. The van der Waals surface area contributed by atoms with E-state index in [2.05, 4.69) is 0 Å². The number of aromatic nitrogens is 1. The van der Waals surface area contributed by atoms with Gasteiger partial charge in [0.15, 0.2) is 6.20 Å². The summed E-state index contributed by atoms with van der Waals surface area (Å²) in [6, 6.07) is 12.3. The number of halogens is 2. The van der Waals surface area contributed by atoms with E-state index in [0.717, 1.165) is 16.5 Å². The highest BCUT2D eigenvalue weighted by Gasteiger charge is 2.10. The van der Waals surface area contributed by atoms with Crippen LogP contribution >= 0.6 is 0 Å². The summed E-state index contributed by atoms with van der Waals surface area (Å²) < 4.78 is 29.4. The number of aliphatic hydroxyl groups is 1. The first-order valence-corrected chi connectivity index (χ1v) is 7.24. The zero-order chi connectivity index (χ0) is 16.4. The minimum absolute atomic E-state index is 0.306. The lowest BCUT2D eigenvalue weighted by Crippen LogP contribution is -2.28. The molecule has 1 aromatic heterocycles. The first-order chi connectivity index (χ1) is 11.1. The zero-order valence-corrected chi connectivity index (χ0v) is 12.6. The van der Waals surface area contributed by atoms with Crippen LogP contribution in [0.3, 0.4) is 0 Å². The number of benzene rings is 2. The van der Waals surface area contributed by atoms with Crippen molar-refractivity contribution in [2.75, 3.05) is 0 Å². The lowest BCUT2D eigenvalue weighted by molar-refractivity contribution is -0.644. The maximum atomic E-state index is 13.7. The fourth-order valence-corrected chi connectivity index (χ4v) is 2.59. The van der Waals surface area contributed by atoms with Gasteiger partial charge in [-0.2, -0.15) is 0 Å². The molecule has 4 heteroatoms. The van der Waals surface area contributed by atoms with Crippen LogP contribution in [-0.2, 0) is 13.7 Å². The predicted molar refractivity (Wildman–Crippen MR) is 86.3 cm³/mol. The average molecular weight is 312 g/mol. The standard InChI is InChI=1S/C19H16F2NO/c1-22-9-8-14(15-4-2-3-5-19(15)22)7-6-13-10-17(20)16(12-23)18(21)11-13/h2-11,23H,12H2,1H3/q+1/b7-6+. The molecule has 0 fully saturated rings. The lowest BCUT2D eigenvalue weighted by atomic mass is 10.1. The molecule has 0 aliphatic rings. The molecule has 3 aromatic rings. The third-order valence-corrected chi connectivity index (χ3v) is 3.85. The number of aryl methyl sites for hydroxylation is 1. The molecule has 23 heavy (non-hydrogen) atoms. The Bertz CT molecular complexity index is 880. The van der Waals surface area contributed by atoms with Crippen molar-refractivity contribution in [3.8, 4) is 0 Å². The first-order valence-electron chi connectivity index (χ1n) is 7.24. The molecule has 0 radical (unpaired) electrons. The highest BCUT2D eigenvalue weighted by atomic mass is 19.1. The summed E-state index contributed by atoms with van der Waals surface area (Å²) in [5, 5.41) is 10.00. The van der Waals surface area contributed by atoms with E-state index in [-0.39, 0.29) is 5.56 Å². The molecular weight excluding hydrogens is 296 g/mol. The Morgan fingerprint density at radius 2 is 1.74 bits per heavy atom. The number of pyridine rings is 1. The van der Waals surface area contributed by atoms with Gasteiger partial charge < -0.3 is 5.11 Å². The minimum Gasteiger partial charge on any atom is -0.391 e. The second-order valence-electron chi connectivity index (χ2n) is 5.35. The van der Waals surface area contributed by atoms with Crippen molar-refractivity contribution in [2.45, 2.75) is 6.61 Å². The van der Waals surface area contributed by atoms with E-state index < -0.39 is 18.2 Å². The summed E-state index contributed by atoms with van der Waals surface area (Å²) in [4.78, 5) is 0. The Morgan fingerprint density at radius 3 is 2.43 bits per heavy atom. The van der Waals surface area contributed by atoms with E-state index in [1.54, 1.807) is 6.08 Å². The second-order valence-corrected chi connectivity index (χ2v) is 5.35. The molecule has 0 spiro atoms.